The molecule has 0 aromatic carbocycles. The first kappa shape index (κ1) is 16.9. The van der Waals surface area contributed by atoms with Gasteiger partial charge in [-0.3, -0.25) is 5.32 Å². The highest BCUT2D eigenvalue weighted by atomic mass is 16.6. The van der Waals surface area contributed by atoms with E-state index in [0.29, 0.717) is 13.1 Å². The van der Waals surface area contributed by atoms with Crippen molar-refractivity contribution in [3.63, 3.8) is 0 Å². The Morgan fingerprint density at radius 1 is 1.21 bits per heavy atom. The van der Waals surface area contributed by atoms with E-state index in [1.807, 2.05) is 0 Å². The number of fused-ring (bicyclic) bond motifs is 1. The zero-order valence-electron chi connectivity index (χ0n) is 12.8. The maximum absolute atomic E-state index is 11.7. The Morgan fingerprint density at radius 3 is 2.54 bits per heavy atom. The van der Waals surface area contributed by atoms with Gasteiger partial charge in [-0.25, -0.2) is 9.59 Å². The third-order valence-corrected chi connectivity index (χ3v) is 2.67. The summed E-state index contributed by atoms with van der Waals surface area (Å²) in [6.07, 6.45) is 3.92. The van der Waals surface area contributed by atoms with Gasteiger partial charge < -0.3 is 14.2 Å². The van der Waals surface area contributed by atoms with Crippen molar-refractivity contribution in [3.8, 4) is 0 Å². The van der Waals surface area contributed by atoms with Crippen LogP contribution in [0.25, 0.3) is 5.78 Å². The van der Waals surface area contributed by atoms with Gasteiger partial charge in [-0.15, -0.1) is 18.1 Å². The average Bonchev–Trinajstić information content (AvgIpc) is 2.93. The standard InChI is InChI=1S/C14H16N6O4/c1-4-7-19(8-5-2)10-15-11(17-13(21)23-9-6-3)20-12(16-10)18-14(22)24-20/h4-6H,1-3,7-9H2,(H,15,16,17,18,21,22). The molecule has 2 aromatic heterocycles. The first-order valence-electron chi connectivity index (χ1n) is 6.88. The summed E-state index contributed by atoms with van der Waals surface area (Å²) in [4.78, 5) is 36.7. The fourth-order valence-electron chi connectivity index (χ4n) is 1.76. The van der Waals surface area contributed by atoms with Crippen molar-refractivity contribution in [1.82, 2.24) is 19.5 Å². The largest absolute Gasteiger partial charge is 0.462 e. The van der Waals surface area contributed by atoms with Gasteiger partial charge >= 0.3 is 11.8 Å². The minimum Gasteiger partial charge on any atom is -0.445 e. The number of carbonyl (C=O) groups excluding carboxylic acids is 1. The van der Waals surface area contributed by atoms with Gasteiger partial charge in [-0.1, -0.05) is 29.4 Å². The average molecular weight is 332 g/mol. The quantitative estimate of drug-likeness (QED) is 0.712. The predicted octanol–water partition coefficient (Wildman–Crippen LogP) is 0.990. The van der Waals surface area contributed by atoms with E-state index in [1.54, 1.807) is 17.1 Å². The molecule has 1 N–H and O–H groups in total. The second-order valence-electron chi connectivity index (χ2n) is 4.41. The van der Waals surface area contributed by atoms with Crippen LogP contribution < -0.4 is 16.0 Å². The lowest BCUT2D eigenvalue weighted by Gasteiger charge is -2.19. The number of amides is 1. The molecule has 10 nitrogen and oxygen atoms in total. The lowest BCUT2D eigenvalue weighted by Crippen LogP contribution is -2.27. The summed E-state index contributed by atoms with van der Waals surface area (Å²) >= 11 is 0. The Labute approximate surface area is 136 Å². The topological polar surface area (TPSA) is 115 Å². The molecule has 0 atom stereocenters. The van der Waals surface area contributed by atoms with Crippen LogP contribution in [0.15, 0.2) is 47.3 Å². The van der Waals surface area contributed by atoms with E-state index in [4.69, 9.17) is 9.26 Å². The molecule has 0 aliphatic carbocycles. The molecule has 0 bridgehead atoms. The summed E-state index contributed by atoms with van der Waals surface area (Å²) in [7, 11) is 0. The van der Waals surface area contributed by atoms with Crippen LogP contribution in [0.1, 0.15) is 0 Å². The highest BCUT2D eigenvalue weighted by Crippen LogP contribution is 2.14. The second kappa shape index (κ2) is 7.72. The number of nitrogens with one attached hydrogen (secondary N) is 1. The van der Waals surface area contributed by atoms with Crippen molar-refractivity contribution in [2.24, 2.45) is 0 Å². The van der Waals surface area contributed by atoms with Crippen molar-refractivity contribution in [2.45, 2.75) is 0 Å². The van der Waals surface area contributed by atoms with Crippen LogP contribution in [0.5, 0.6) is 0 Å². The molecule has 2 aromatic rings. The van der Waals surface area contributed by atoms with E-state index in [0.717, 1.165) is 4.57 Å². The van der Waals surface area contributed by atoms with Crippen molar-refractivity contribution in [1.29, 1.82) is 0 Å². The van der Waals surface area contributed by atoms with Crippen LogP contribution in [0.4, 0.5) is 16.7 Å². The van der Waals surface area contributed by atoms with E-state index < -0.39 is 11.8 Å². The second-order valence-corrected chi connectivity index (χ2v) is 4.41. The molecule has 1 amide bonds. The van der Waals surface area contributed by atoms with E-state index in [-0.39, 0.29) is 24.3 Å². The van der Waals surface area contributed by atoms with Crippen LogP contribution in [0.3, 0.4) is 0 Å². The minimum absolute atomic E-state index is 0.0137. The zero-order chi connectivity index (χ0) is 17.5. The normalized spacial score (nSPS) is 10.2. The van der Waals surface area contributed by atoms with Gasteiger partial charge in [0.15, 0.2) is 0 Å². The first-order valence-corrected chi connectivity index (χ1v) is 6.88. The lowest BCUT2D eigenvalue weighted by atomic mass is 10.4. The van der Waals surface area contributed by atoms with Crippen LogP contribution in [-0.4, -0.2) is 45.3 Å². The molecule has 126 valence electrons. The summed E-state index contributed by atoms with van der Waals surface area (Å²) in [5.74, 6) is -0.816. The summed E-state index contributed by atoms with van der Waals surface area (Å²) in [6.45, 7) is 11.6. The summed E-state index contributed by atoms with van der Waals surface area (Å²) in [6, 6.07) is 0. The Balaban J connectivity index is 2.44. The maximum atomic E-state index is 11.7. The monoisotopic (exact) mass is 332 g/mol. The number of anilines is 2. The highest BCUT2D eigenvalue weighted by Gasteiger charge is 2.17. The predicted molar refractivity (Wildman–Crippen MR) is 87.1 cm³/mol. The number of hydrogen-bond acceptors (Lipinski definition) is 8. The van der Waals surface area contributed by atoms with E-state index >= 15 is 0 Å². The van der Waals surface area contributed by atoms with Gasteiger partial charge in [0.1, 0.15) is 6.61 Å². The van der Waals surface area contributed by atoms with Crippen LogP contribution in [0.2, 0.25) is 0 Å². The molecule has 0 fully saturated rings. The maximum Gasteiger partial charge on any atom is 0.462 e. The molecule has 0 aliphatic heterocycles. The minimum atomic E-state index is -0.872. The Morgan fingerprint density at radius 2 is 1.92 bits per heavy atom. The third-order valence-electron chi connectivity index (χ3n) is 2.67. The van der Waals surface area contributed by atoms with Crippen molar-refractivity contribution in [3.05, 3.63) is 48.5 Å². The van der Waals surface area contributed by atoms with Gasteiger partial charge in [-0.05, 0) is 0 Å². The molecule has 0 unspecified atom stereocenters. The molecular formula is C14H16N6O4. The molecule has 24 heavy (non-hydrogen) atoms. The lowest BCUT2D eigenvalue weighted by molar-refractivity contribution is 0.173. The number of rotatable bonds is 8. The zero-order valence-corrected chi connectivity index (χ0v) is 12.8. The summed E-state index contributed by atoms with van der Waals surface area (Å²) in [5, 5.41) is 2.36. The molecule has 0 spiro atoms. The van der Waals surface area contributed by atoms with Crippen LogP contribution >= 0.6 is 0 Å². The van der Waals surface area contributed by atoms with Crippen molar-refractivity contribution >= 4 is 23.8 Å². The summed E-state index contributed by atoms with van der Waals surface area (Å²) in [5.41, 5.74) is 0. The van der Waals surface area contributed by atoms with Crippen molar-refractivity contribution < 1.29 is 14.1 Å². The fraction of sp³-hybridized carbons (Fsp3) is 0.214. The van der Waals surface area contributed by atoms with E-state index in [1.165, 1.54) is 6.08 Å². The first-order chi connectivity index (χ1) is 11.6. The van der Waals surface area contributed by atoms with Crippen LogP contribution in [-0.2, 0) is 4.74 Å². The highest BCUT2D eigenvalue weighted by molar-refractivity contribution is 5.82. The van der Waals surface area contributed by atoms with E-state index in [2.05, 4.69) is 40.0 Å². The third kappa shape index (κ3) is 3.85. The Bertz CT molecular complexity index is 814. The molecule has 2 rings (SSSR count). The number of nitrogens with zero attached hydrogens (tertiary/aromatic N) is 5. The number of carbonyl (C=O) groups is 1. The van der Waals surface area contributed by atoms with Gasteiger partial charge in [0.25, 0.3) is 11.7 Å². The van der Waals surface area contributed by atoms with Gasteiger partial charge in [0.2, 0.25) is 5.95 Å². The molecule has 0 saturated heterocycles. The Kier molecular flexibility index (Phi) is 5.45. The molecule has 0 aliphatic rings. The van der Waals surface area contributed by atoms with Crippen LogP contribution in [0, 0.1) is 0 Å². The van der Waals surface area contributed by atoms with Gasteiger partial charge in [0.05, 0.1) is 0 Å². The van der Waals surface area contributed by atoms with Gasteiger partial charge in [0, 0.05) is 13.1 Å². The van der Waals surface area contributed by atoms with Crippen molar-refractivity contribution in [2.75, 3.05) is 29.9 Å². The Hall–Kier alpha value is -3.43. The number of hydrogen-bond donors (Lipinski definition) is 1. The smallest absolute Gasteiger partial charge is 0.445 e. The SMILES string of the molecule is C=CCOC(=O)Nc1nc(N(CC=C)CC=C)nc2nc(=O)on12. The number of aromatic nitrogens is 4. The molecule has 2 heterocycles. The summed E-state index contributed by atoms with van der Waals surface area (Å²) < 4.78 is 10.6. The molecule has 10 heteroatoms. The molecule has 0 saturated carbocycles. The molecular weight excluding hydrogens is 316 g/mol. The van der Waals surface area contributed by atoms with E-state index in [9.17, 15) is 9.59 Å². The van der Waals surface area contributed by atoms with Gasteiger partial charge in [-0.2, -0.15) is 9.97 Å². The number of ether oxygens (including phenoxy) is 1. The molecule has 0 radical (unpaired) electrons. The fourth-order valence-corrected chi connectivity index (χ4v) is 1.76.